The zero-order valence-electron chi connectivity index (χ0n) is 26.8. The summed E-state index contributed by atoms with van der Waals surface area (Å²) in [6.45, 7) is 7.36. The highest BCUT2D eigenvalue weighted by Crippen LogP contribution is 2.20. The molecule has 6 atom stereocenters. The molecule has 11 heteroatoms. The Hall–Kier alpha value is -2.24. The Morgan fingerprint density at radius 1 is 0.535 bits per heavy atom. The van der Waals surface area contributed by atoms with Gasteiger partial charge in [0.2, 0.25) is 0 Å². The number of ether oxygens (including phenoxy) is 3. The zero-order chi connectivity index (χ0) is 32.6. The van der Waals surface area contributed by atoms with Crippen molar-refractivity contribution in [3.63, 3.8) is 0 Å². The quantitative estimate of drug-likeness (QED) is 0.0554. The second-order valence-electron chi connectivity index (χ2n) is 11.6. The Labute approximate surface area is 257 Å². The van der Waals surface area contributed by atoms with Crippen molar-refractivity contribution < 1.29 is 53.8 Å². The summed E-state index contributed by atoms with van der Waals surface area (Å²) in [7, 11) is 0. The Balaban J connectivity index is 5.18. The lowest BCUT2D eigenvalue weighted by Gasteiger charge is -2.24. The molecule has 43 heavy (non-hydrogen) atoms. The van der Waals surface area contributed by atoms with Gasteiger partial charge in [0.05, 0.1) is 37.6 Å². The molecule has 252 valence electrons. The third-order valence-corrected chi connectivity index (χ3v) is 7.14. The molecule has 0 bridgehead atoms. The molecule has 0 saturated heterocycles. The average Bonchev–Trinajstić information content (AvgIpc) is 2.87. The number of carbonyl (C=O) groups excluding carboxylic acids is 3. The SMILES string of the molecule is CCCCC[C@@H](O)C[C@H](CC(=O)O[C@H](CCCCC)C[C@@H](O)CC(=O)O[C@H](CCCCC)C[C@@H](O)CC(=O)O)OC(C)=O. The predicted molar refractivity (Wildman–Crippen MR) is 161 cm³/mol. The van der Waals surface area contributed by atoms with E-state index in [2.05, 4.69) is 6.92 Å². The number of rotatable bonds is 27. The molecule has 4 N–H and O–H groups in total. The van der Waals surface area contributed by atoms with Gasteiger partial charge >= 0.3 is 23.9 Å². The van der Waals surface area contributed by atoms with Crippen molar-refractivity contribution in [1.82, 2.24) is 0 Å². The van der Waals surface area contributed by atoms with Crippen LogP contribution in [-0.2, 0) is 33.4 Å². The molecule has 0 aliphatic heterocycles. The van der Waals surface area contributed by atoms with Gasteiger partial charge in [-0.3, -0.25) is 19.2 Å². The molecule has 0 fully saturated rings. The van der Waals surface area contributed by atoms with E-state index >= 15 is 0 Å². The Morgan fingerprint density at radius 2 is 0.953 bits per heavy atom. The summed E-state index contributed by atoms with van der Waals surface area (Å²) in [5, 5.41) is 40.0. The molecule has 0 saturated carbocycles. The normalized spacial score (nSPS) is 15.5. The largest absolute Gasteiger partial charge is 0.481 e. The van der Waals surface area contributed by atoms with Gasteiger partial charge in [-0.1, -0.05) is 65.7 Å². The van der Waals surface area contributed by atoms with E-state index in [0.717, 1.165) is 57.8 Å². The highest BCUT2D eigenvalue weighted by molar-refractivity contribution is 5.72. The molecule has 0 unspecified atom stereocenters. The van der Waals surface area contributed by atoms with E-state index in [9.17, 15) is 34.5 Å². The number of hydrogen-bond donors (Lipinski definition) is 4. The molecule has 0 aliphatic carbocycles. The highest BCUT2D eigenvalue weighted by Gasteiger charge is 2.27. The average molecular weight is 619 g/mol. The van der Waals surface area contributed by atoms with Crippen LogP contribution < -0.4 is 0 Å². The smallest absolute Gasteiger partial charge is 0.309 e. The Morgan fingerprint density at radius 3 is 1.40 bits per heavy atom. The minimum atomic E-state index is -1.16. The van der Waals surface area contributed by atoms with Crippen molar-refractivity contribution in [1.29, 1.82) is 0 Å². The van der Waals surface area contributed by atoms with Gasteiger partial charge in [-0.25, -0.2) is 0 Å². The van der Waals surface area contributed by atoms with Crippen LogP contribution in [-0.4, -0.2) is 80.9 Å². The Bertz CT molecular complexity index is 772. The van der Waals surface area contributed by atoms with Gasteiger partial charge in [-0.2, -0.15) is 0 Å². The van der Waals surface area contributed by atoms with Gasteiger partial charge < -0.3 is 34.6 Å². The van der Waals surface area contributed by atoms with E-state index in [4.69, 9.17) is 19.3 Å². The summed E-state index contributed by atoms with van der Waals surface area (Å²) in [6, 6.07) is 0. The first-order chi connectivity index (χ1) is 20.4. The van der Waals surface area contributed by atoms with Gasteiger partial charge in [-0.05, 0) is 32.1 Å². The number of carboxylic acid groups (broad SMARTS) is 1. The molecule has 0 aliphatic rings. The summed E-state index contributed by atoms with van der Waals surface area (Å²) in [6.07, 6.45) is 3.34. The van der Waals surface area contributed by atoms with Crippen molar-refractivity contribution in [2.75, 3.05) is 0 Å². The molecular weight excluding hydrogens is 560 g/mol. The fourth-order valence-electron chi connectivity index (χ4n) is 4.97. The molecule has 0 radical (unpaired) electrons. The number of carboxylic acids is 1. The molecule has 11 nitrogen and oxygen atoms in total. The lowest BCUT2D eigenvalue weighted by atomic mass is 10.0. The van der Waals surface area contributed by atoms with E-state index < -0.39 is 66.9 Å². The van der Waals surface area contributed by atoms with Crippen LogP contribution >= 0.6 is 0 Å². The number of aliphatic carboxylic acids is 1. The second-order valence-corrected chi connectivity index (χ2v) is 11.6. The maximum absolute atomic E-state index is 12.8. The van der Waals surface area contributed by atoms with Crippen LogP contribution in [0.1, 0.15) is 143 Å². The molecule has 0 aromatic heterocycles. The van der Waals surface area contributed by atoms with E-state index in [1.165, 1.54) is 6.92 Å². The molecule has 0 amide bonds. The molecule has 0 aromatic rings. The molecule has 0 spiro atoms. The molecular formula is C32H58O11. The molecule has 0 rings (SSSR count). The van der Waals surface area contributed by atoms with Crippen LogP contribution in [0.3, 0.4) is 0 Å². The number of unbranched alkanes of at least 4 members (excludes halogenated alkanes) is 6. The summed E-state index contributed by atoms with van der Waals surface area (Å²) >= 11 is 0. The topological polar surface area (TPSA) is 177 Å². The third kappa shape index (κ3) is 23.8. The van der Waals surface area contributed by atoms with Gasteiger partial charge in [0.15, 0.2) is 0 Å². The van der Waals surface area contributed by atoms with E-state index in [0.29, 0.717) is 19.3 Å². The first kappa shape index (κ1) is 40.8. The molecule has 0 heterocycles. The van der Waals surface area contributed by atoms with Crippen LogP contribution in [0.25, 0.3) is 0 Å². The van der Waals surface area contributed by atoms with Gasteiger partial charge in [0.1, 0.15) is 18.3 Å². The maximum Gasteiger partial charge on any atom is 0.309 e. The van der Waals surface area contributed by atoms with Crippen molar-refractivity contribution >= 4 is 23.9 Å². The van der Waals surface area contributed by atoms with Crippen molar-refractivity contribution in [3.8, 4) is 0 Å². The standard InChI is InChI=1S/C32H58O11/c1-5-8-11-14-24(34)17-29(41-23(4)33)22-32(40)43-28(16-13-10-7-3)19-26(36)21-31(39)42-27(15-12-9-6-2)18-25(35)20-30(37)38/h24-29,34-36H,5-22H2,1-4H3,(H,37,38)/t24-,25-,26-,27-,28-,29-/m1/s1. The summed E-state index contributed by atoms with van der Waals surface area (Å²) in [4.78, 5) is 48.0. The first-order valence-electron chi connectivity index (χ1n) is 16.2. The van der Waals surface area contributed by atoms with Crippen molar-refractivity contribution in [3.05, 3.63) is 0 Å². The highest BCUT2D eigenvalue weighted by atomic mass is 16.6. The number of carbonyl (C=O) groups is 4. The zero-order valence-corrected chi connectivity index (χ0v) is 26.8. The first-order valence-corrected chi connectivity index (χ1v) is 16.2. The van der Waals surface area contributed by atoms with E-state index in [1.807, 2.05) is 13.8 Å². The van der Waals surface area contributed by atoms with Crippen LogP contribution in [0.4, 0.5) is 0 Å². The van der Waals surface area contributed by atoms with Gasteiger partial charge in [-0.15, -0.1) is 0 Å². The van der Waals surface area contributed by atoms with Crippen LogP contribution in [0.15, 0.2) is 0 Å². The second kappa shape index (κ2) is 25.1. The van der Waals surface area contributed by atoms with Crippen LogP contribution in [0.5, 0.6) is 0 Å². The van der Waals surface area contributed by atoms with Crippen LogP contribution in [0.2, 0.25) is 0 Å². The fourth-order valence-corrected chi connectivity index (χ4v) is 4.97. The van der Waals surface area contributed by atoms with Crippen LogP contribution in [0, 0.1) is 0 Å². The van der Waals surface area contributed by atoms with Gasteiger partial charge in [0, 0.05) is 26.2 Å². The maximum atomic E-state index is 12.8. The number of aliphatic hydroxyl groups is 3. The van der Waals surface area contributed by atoms with Crippen molar-refractivity contribution in [2.24, 2.45) is 0 Å². The third-order valence-electron chi connectivity index (χ3n) is 7.14. The lowest BCUT2D eigenvalue weighted by molar-refractivity contribution is -0.159. The number of aliphatic hydroxyl groups excluding tert-OH is 3. The molecule has 0 aromatic carbocycles. The fraction of sp³-hybridized carbons (Fsp3) is 0.875. The number of esters is 3. The lowest BCUT2D eigenvalue weighted by Crippen LogP contribution is -2.31. The Kier molecular flexibility index (Phi) is 23.8. The summed E-state index contributed by atoms with van der Waals surface area (Å²) in [5.74, 6) is -3.00. The minimum absolute atomic E-state index is 0.00453. The summed E-state index contributed by atoms with van der Waals surface area (Å²) < 4.78 is 16.4. The van der Waals surface area contributed by atoms with E-state index in [-0.39, 0.29) is 32.1 Å². The predicted octanol–water partition coefficient (Wildman–Crippen LogP) is 4.99. The van der Waals surface area contributed by atoms with E-state index in [1.54, 1.807) is 0 Å². The monoisotopic (exact) mass is 618 g/mol. The van der Waals surface area contributed by atoms with Crippen molar-refractivity contribution in [2.45, 2.75) is 180 Å². The number of hydrogen-bond acceptors (Lipinski definition) is 10. The summed E-state index contributed by atoms with van der Waals surface area (Å²) in [5.41, 5.74) is 0. The van der Waals surface area contributed by atoms with Gasteiger partial charge in [0.25, 0.3) is 0 Å². The minimum Gasteiger partial charge on any atom is -0.481 e.